The average Bonchev–Trinajstić information content (AvgIpc) is 3.38. The van der Waals surface area contributed by atoms with E-state index < -0.39 is 17.7 Å². The first-order valence-electron chi connectivity index (χ1n) is 11.0. The molecule has 2 aliphatic rings. The quantitative estimate of drug-likeness (QED) is 0.394. The number of allylic oxidation sites excluding steroid dienone is 1. The predicted molar refractivity (Wildman–Crippen MR) is 144 cm³/mol. The number of imidazole rings is 1. The zero-order chi connectivity index (χ0) is 23.9. The van der Waals surface area contributed by atoms with E-state index in [0.717, 1.165) is 34.5 Å². The molecule has 0 bridgehead atoms. The lowest BCUT2D eigenvalue weighted by molar-refractivity contribution is 0.482. The van der Waals surface area contributed by atoms with Gasteiger partial charge in [0.15, 0.2) is 0 Å². The highest BCUT2D eigenvalue weighted by molar-refractivity contribution is 8.23. The first kappa shape index (κ1) is 23.2. The van der Waals surface area contributed by atoms with Crippen molar-refractivity contribution in [3.63, 3.8) is 0 Å². The molecule has 0 amide bonds. The molecule has 1 atom stereocenters. The molecule has 2 aliphatic heterocycles. The summed E-state index contributed by atoms with van der Waals surface area (Å²) in [6.45, 7) is 0. The number of hydrogen-bond donors (Lipinski definition) is 1. The first-order valence-corrected chi connectivity index (χ1v) is 15.1. The van der Waals surface area contributed by atoms with Crippen molar-refractivity contribution < 1.29 is 13.0 Å². The highest BCUT2D eigenvalue weighted by Crippen LogP contribution is 2.45. The van der Waals surface area contributed by atoms with Gasteiger partial charge in [0, 0.05) is 58.5 Å². The lowest BCUT2D eigenvalue weighted by Gasteiger charge is -2.30. The normalized spacial score (nSPS) is 18.7. The van der Waals surface area contributed by atoms with Gasteiger partial charge in [0.2, 0.25) is 0 Å². The largest absolute Gasteiger partial charge is 0.344 e. The van der Waals surface area contributed by atoms with Gasteiger partial charge >= 0.3 is 0 Å². The van der Waals surface area contributed by atoms with E-state index in [4.69, 9.17) is 0 Å². The van der Waals surface area contributed by atoms with Gasteiger partial charge in [0.1, 0.15) is 5.82 Å². The molecule has 9 heteroatoms. The molecule has 1 unspecified atom stereocenters. The number of hydrogen-bond acceptors (Lipinski definition) is 5. The van der Waals surface area contributed by atoms with Crippen LogP contribution >= 0.6 is 19.3 Å². The number of fused-ring (bicyclic) bond motifs is 2. The highest BCUT2D eigenvalue weighted by atomic mass is 32.2. The van der Waals surface area contributed by atoms with Crippen molar-refractivity contribution in [2.75, 3.05) is 23.9 Å². The van der Waals surface area contributed by atoms with Crippen LogP contribution in [0.25, 0.3) is 5.57 Å². The van der Waals surface area contributed by atoms with Gasteiger partial charge in [0.25, 0.3) is 10.1 Å². The summed E-state index contributed by atoms with van der Waals surface area (Å²) in [6.07, 6.45) is 9.42. The maximum Gasteiger partial charge on any atom is 0.264 e. The Bertz CT molecular complexity index is 1470. The van der Waals surface area contributed by atoms with Gasteiger partial charge in [0.05, 0.1) is 5.75 Å². The summed E-state index contributed by atoms with van der Waals surface area (Å²) < 4.78 is 35.1. The lowest BCUT2D eigenvalue weighted by atomic mass is 9.97. The Hall–Kier alpha value is -2.51. The molecule has 0 saturated carbocycles. The number of para-hydroxylation sites is 1. The summed E-state index contributed by atoms with van der Waals surface area (Å²) in [6, 6.07) is 16.7. The molecule has 0 fully saturated rings. The fourth-order valence-electron chi connectivity index (χ4n) is 4.46. The summed E-state index contributed by atoms with van der Waals surface area (Å²) in [5.41, 5.74) is 4.41. The predicted octanol–water partition coefficient (Wildman–Crippen LogP) is 4.24. The molecule has 3 aromatic rings. The molecule has 1 N–H and O–H groups in total. The number of aryl methyl sites for hydroxylation is 1. The molecule has 6 nitrogen and oxygen atoms in total. The maximum atomic E-state index is 11.3. The molecule has 3 heterocycles. The van der Waals surface area contributed by atoms with Gasteiger partial charge in [-0.3, -0.25) is 4.55 Å². The molecule has 0 saturated heterocycles. The molecule has 176 valence electrons. The molecular formula is C25H26N3O3PS2. The Balaban J connectivity index is 1.60. The van der Waals surface area contributed by atoms with Gasteiger partial charge in [-0.1, -0.05) is 55.7 Å². The van der Waals surface area contributed by atoms with Gasteiger partial charge in [-0.05, 0) is 42.2 Å². The molecule has 0 radical (unpaired) electrons. The van der Waals surface area contributed by atoms with Crippen molar-refractivity contribution in [3.05, 3.63) is 90.2 Å². The average molecular weight is 512 g/mol. The van der Waals surface area contributed by atoms with Crippen LogP contribution in [0.4, 0.5) is 5.69 Å². The van der Waals surface area contributed by atoms with Crippen LogP contribution in [-0.4, -0.2) is 46.1 Å². The van der Waals surface area contributed by atoms with E-state index in [1.165, 1.54) is 14.8 Å². The second-order valence-electron chi connectivity index (χ2n) is 8.40. The van der Waals surface area contributed by atoms with Gasteiger partial charge in [-0.15, -0.1) is 0 Å². The van der Waals surface area contributed by atoms with Crippen LogP contribution in [-0.2, 0) is 17.2 Å². The van der Waals surface area contributed by atoms with E-state index in [1.54, 1.807) is 11.8 Å². The van der Waals surface area contributed by atoms with Crippen LogP contribution in [0.2, 0.25) is 0 Å². The monoisotopic (exact) mass is 511 g/mol. The minimum absolute atomic E-state index is 0.200. The number of nitrogens with zero attached hydrogens (tertiary/aromatic N) is 3. The highest BCUT2D eigenvalue weighted by Gasteiger charge is 2.25. The van der Waals surface area contributed by atoms with Crippen molar-refractivity contribution >= 4 is 50.6 Å². The standard InChI is InChI=1S/C25H26N3O3PS2/c1-27-13-12-26-25(27)20-16-18(28(2)21-9-4-3-8-19(20)21)17-24-32(14-7-15-34(29,30)31)22-10-5-6-11-23(22)33-24/h3-6,8-13,16-17,32H,7,14-15H2,1-2H3,(H,29,30,31)/b18-17+. The number of benzene rings is 2. The second-order valence-corrected chi connectivity index (χ2v) is 13.9. The van der Waals surface area contributed by atoms with Crippen LogP contribution in [0.5, 0.6) is 0 Å². The van der Waals surface area contributed by atoms with Gasteiger partial charge < -0.3 is 9.47 Å². The number of thioether (sulfide) groups is 1. The molecule has 34 heavy (non-hydrogen) atoms. The van der Waals surface area contributed by atoms with E-state index in [-0.39, 0.29) is 5.75 Å². The molecule has 1 aromatic heterocycles. The van der Waals surface area contributed by atoms with Crippen LogP contribution < -0.4 is 10.2 Å². The van der Waals surface area contributed by atoms with Crippen molar-refractivity contribution in [1.82, 2.24) is 9.55 Å². The van der Waals surface area contributed by atoms with Crippen molar-refractivity contribution in [2.45, 2.75) is 11.3 Å². The molecular weight excluding hydrogens is 485 g/mol. The van der Waals surface area contributed by atoms with Crippen LogP contribution in [0.15, 0.2) is 83.7 Å². The van der Waals surface area contributed by atoms with E-state index in [0.29, 0.717) is 6.42 Å². The van der Waals surface area contributed by atoms with E-state index >= 15 is 0 Å². The third-order valence-electron chi connectivity index (χ3n) is 6.13. The Morgan fingerprint density at radius 1 is 1.12 bits per heavy atom. The minimum atomic E-state index is -3.96. The third kappa shape index (κ3) is 4.56. The number of rotatable bonds is 6. The second kappa shape index (κ2) is 9.27. The van der Waals surface area contributed by atoms with Crippen molar-refractivity contribution in [2.24, 2.45) is 7.05 Å². The molecule has 5 rings (SSSR count). The van der Waals surface area contributed by atoms with E-state index in [1.807, 2.05) is 48.3 Å². The Morgan fingerprint density at radius 3 is 2.65 bits per heavy atom. The zero-order valence-electron chi connectivity index (χ0n) is 19.0. The maximum absolute atomic E-state index is 11.3. The summed E-state index contributed by atoms with van der Waals surface area (Å²) in [4.78, 5) is 8.05. The van der Waals surface area contributed by atoms with Crippen LogP contribution in [0, 0.1) is 0 Å². The number of aromatic nitrogens is 2. The first-order chi connectivity index (χ1) is 16.3. The van der Waals surface area contributed by atoms with Crippen molar-refractivity contribution in [3.8, 4) is 0 Å². The summed E-state index contributed by atoms with van der Waals surface area (Å²) in [5, 5.41) is 1.31. The van der Waals surface area contributed by atoms with Crippen molar-refractivity contribution in [1.29, 1.82) is 0 Å². The fraction of sp³-hybridized carbons (Fsp3) is 0.200. The molecule has 0 spiro atoms. The number of likely N-dealkylation sites (N-methyl/N-ethyl adjacent to an activating group) is 1. The third-order valence-corrected chi connectivity index (χ3v) is 11.8. The van der Waals surface area contributed by atoms with Crippen LogP contribution in [0.1, 0.15) is 17.8 Å². The number of anilines is 1. The summed E-state index contributed by atoms with van der Waals surface area (Å²) >= 11 is 1.78. The SMILES string of the molecule is CN1/C(=C/C2=[PH](CCCS(=O)(=O)O)c3ccccc3S2)C=C(c2nccn2C)c2ccccc21. The van der Waals surface area contributed by atoms with E-state index in [2.05, 4.69) is 53.3 Å². The Morgan fingerprint density at radius 2 is 1.88 bits per heavy atom. The Kier molecular flexibility index (Phi) is 6.34. The Labute approximate surface area is 205 Å². The summed E-state index contributed by atoms with van der Waals surface area (Å²) in [7, 11) is -1.03. The summed E-state index contributed by atoms with van der Waals surface area (Å²) in [5.74, 6) is 0.714. The zero-order valence-corrected chi connectivity index (χ0v) is 21.6. The van der Waals surface area contributed by atoms with E-state index in [9.17, 15) is 13.0 Å². The topological polar surface area (TPSA) is 75.4 Å². The van der Waals surface area contributed by atoms with Crippen LogP contribution in [0.3, 0.4) is 0 Å². The molecule has 0 aliphatic carbocycles. The van der Waals surface area contributed by atoms with Gasteiger partial charge in [-0.25, -0.2) is 4.98 Å². The smallest absolute Gasteiger partial charge is 0.264 e. The minimum Gasteiger partial charge on any atom is -0.344 e. The lowest BCUT2D eigenvalue weighted by Crippen LogP contribution is -2.21. The fourth-order valence-corrected chi connectivity index (χ4v) is 10.3. The van der Waals surface area contributed by atoms with Gasteiger partial charge in [-0.2, -0.15) is 8.42 Å². The molecule has 2 aromatic carbocycles.